The summed E-state index contributed by atoms with van der Waals surface area (Å²) in [4.78, 5) is 25.5. The van der Waals surface area contributed by atoms with Crippen LogP contribution in [0.3, 0.4) is 0 Å². The maximum atomic E-state index is 12.2. The number of carbonyl (C=O) groups is 2. The second-order valence-electron chi connectivity index (χ2n) is 6.10. The Balaban J connectivity index is 1.87. The molecule has 0 atom stereocenters. The van der Waals surface area contributed by atoms with Gasteiger partial charge in [0, 0.05) is 44.9 Å². The molecule has 138 valence electrons. The van der Waals surface area contributed by atoms with Crippen molar-refractivity contribution in [3.8, 4) is 0 Å². The Morgan fingerprint density at radius 2 is 2.04 bits per heavy atom. The van der Waals surface area contributed by atoms with Gasteiger partial charge in [-0.25, -0.2) is 12.7 Å². The van der Waals surface area contributed by atoms with Gasteiger partial charge in [0.2, 0.25) is 15.9 Å². The van der Waals surface area contributed by atoms with Crippen LogP contribution in [0.15, 0.2) is 18.2 Å². The fraction of sp³-hybridized carbons (Fsp3) is 0.529. The Bertz CT molecular complexity index is 761. The van der Waals surface area contributed by atoms with Gasteiger partial charge in [0.15, 0.2) is 0 Å². The molecule has 1 heterocycles. The fourth-order valence-electron chi connectivity index (χ4n) is 2.84. The monoisotopic (exact) mass is 367 g/mol. The molecule has 2 amide bonds. The first-order valence-electron chi connectivity index (χ1n) is 8.39. The number of nitrogens with zero attached hydrogens (tertiary/aromatic N) is 2. The highest BCUT2D eigenvalue weighted by atomic mass is 32.2. The van der Waals surface area contributed by atoms with Crippen LogP contribution in [-0.2, 0) is 21.2 Å². The predicted octanol–water partition coefficient (Wildman–Crippen LogP) is 0.997. The van der Waals surface area contributed by atoms with Gasteiger partial charge in [0.25, 0.3) is 5.91 Å². The minimum Gasteiger partial charge on any atom is -0.352 e. The predicted molar refractivity (Wildman–Crippen MR) is 97.2 cm³/mol. The molecule has 0 saturated carbocycles. The normalized spacial score (nSPS) is 13.8. The van der Waals surface area contributed by atoms with Crippen molar-refractivity contribution >= 4 is 27.5 Å². The Morgan fingerprint density at radius 3 is 2.68 bits per heavy atom. The molecule has 2 rings (SSSR count). The van der Waals surface area contributed by atoms with Crippen LogP contribution in [0.5, 0.6) is 0 Å². The van der Waals surface area contributed by atoms with E-state index in [2.05, 4.69) is 5.32 Å². The van der Waals surface area contributed by atoms with Crippen molar-refractivity contribution in [1.29, 1.82) is 0 Å². The van der Waals surface area contributed by atoms with Crippen molar-refractivity contribution in [2.45, 2.75) is 26.7 Å². The number of amides is 2. The molecular formula is C17H25N3O4S. The zero-order valence-corrected chi connectivity index (χ0v) is 15.7. The van der Waals surface area contributed by atoms with Crippen LogP contribution in [0.4, 0.5) is 5.69 Å². The molecule has 7 nitrogen and oxygen atoms in total. The molecule has 1 aliphatic rings. The number of sulfonamides is 1. The second-order valence-corrected chi connectivity index (χ2v) is 8.46. The van der Waals surface area contributed by atoms with E-state index in [1.54, 1.807) is 31.0 Å². The molecule has 8 heteroatoms. The fourth-order valence-corrected chi connectivity index (χ4v) is 3.68. The van der Waals surface area contributed by atoms with Crippen LogP contribution in [0.2, 0.25) is 0 Å². The molecular weight excluding hydrogens is 342 g/mol. The SMILES string of the molecule is CCS(=O)(=O)N(C)CCCNC(=O)c1ccc2c(c1)CCN2C(C)=O. The van der Waals surface area contributed by atoms with Crippen molar-refractivity contribution < 1.29 is 18.0 Å². The first-order chi connectivity index (χ1) is 11.8. The van der Waals surface area contributed by atoms with Crippen LogP contribution in [0, 0.1) is 0 Å². The lowest BCUT2D eigenvalue weighted by molar-refractivity contribution is -0.116. The molecule has 0 saturated heterocycles. The zero-order valence-electron chi connectivity index (χ0n) is 14.9. The molecule has 1 aromatic carbocycles. The smallest absolute Gasteiger partial charge is 0.251 e. The van der Waals surface area contributed by atoms with Crippen molar-refractivity contribution in [1.82, 2.24) is 9.62 Å². The summed E-state index contributed by atoms with van der Waals surface area (Å²) in [7, 11) is -1.64. The lowest BCUT2D eigenvalue weighted by Crippen LogP contribution is -2.32. The third-order valence-corrected chi connectivity index (χ3v) is 6.25. The van der Waals surface area contributed by atoms with Crippen molar-refractivity contribution in [3.05, 3.63) is 29.3 Å². The molecule has 0 unspecified atom stereocenters. The number of anilines is 1. The summed E-state index contributed by atoms with van der Waals surface area (Å²) in [5.74, 6) is -0.116. The van der Waals surface area contributed by atoms with Crippen molar-refractivity contribution in [2.75, 3.05) is 37.3 Å². The lowest BCUT2D eigenvalue weighted by atomic mass is 10.1. The van der Waals surface area contributed by atoms with E-state index in [1.165, 1.54) is 11.2 Å². The van der Waals surface area contributed by atoms with Crippen LogP contribution in [-0.4, -0.2) is 57.0 Å². The van der Waals surface area contributed by atoms with Gasteiger partial charge in [-0.1, -0.05) is 0 Å². The van der Waals surface area contributed by atoms with Crippen molar-refractivity contribution in [2.24, 2.45) is 0 Å². The highest BCUT2D eigenvalue weighted by Gasteiger charge is 2.23. The quantitative estimate of drug-likeness (QED) is 0.729. The first-order valence-corrected chi connectivity index (χ1v) is 10.0. The minimum absolute atomic E-state index is 0.00195. The summed E-state index contributed by atoms with van der Waals surface area (Å²) >= 11 is 0. The topological polar surface area (TPSA) is 86.8 Å². The summed E-state index contributed by atoms with van der Waals surface area (Å²) in [5.41, 5.74) is 2.42. The van der Waals surface area contributed by atoms with Gasteiger partial charge in [-0.05, 0) is 43.5 Å². The van der Waals surface area contributed by atoms with Gasteiger partial charge in [0.1, 0.15) is 0 Å². The highest BCUT2D eigenvalue weighted by Crippen LogP contribution is 2.28. The van der Waals surface area contributed by atoms with E-state index < -0.39 is 10.0 Å². The number of carbonyl (C=O) groups excluding carboxylic acids is 2. The van der Waals surface area contributed by atoms with E-state index in [0.717, 1.165) is 17.7 Å². The Morgan fingerprint density at radius 1 is 1.32 bits per heavy atom. The molecule has 1 aliphatic heterocycles. The molecule has 0 bridgehead atoms. The molecule has 0 radical (unpaired) electrons. The van der Waals surface area contributed by atoms with Gasteiger partial charge in [-0.2, -0.15) is 0 Å². The second kappa shape index (κ2) is 7.97. The van der Waals surface area contributed by atoms with Crippen molar-refractivity contribution in [3.63, 3.8) is 0 Å². The van der Waals surface area contributed by atoms with Crippen LogP contribution in [0.25, 0.3) is 0 Å². The van der Waals surface area contributed by atoms with Crippen LogP contribution in [0.1, 0.15) is 36.2 Å². The summed E-state index contributed by atoms with van der Waals surface area (Å²) < 4.78 is 24.6. The van der Waals surface area contributed by atoms with Gasteiger partial charge >= 0.3 is 0 Å². The summed E-state index contributed by atoms with van der Waals surface area (Å²) in [5, 5.41) is 2.81. The maximum absolute atomic E-state index is 12.2. The van der Waals surface area contributed by atoms with Gasteiger partial charge in [0.05, 0.1) is 5.75 Å². The molecule has 0 fully saturated rings. The third-order valence-electron chi connectivity index (χ3n) is 4.39. The zero-order chi connectivity index (χ0) is 18.6. The average Bonchev–Trinajstić information content (AvgIpc) is 3.01. The first kappa shape index (κ1) is 19.4. The summed E-state index contributed by atoms with van der Waals surface area (Å²) in [6.45, 7) is 4.56. The third kappa shape index (κ3) is 4.58. The summed E-state index contributed by atoms with van der Waals surface area (Å²) in [6, 6.07) is 5.34. The largest absolute Gasteiger partial charge is 0.352 e. The Hall–Kier alpha value is -1.93. The molecule has 0 aliphatic carbocycles. The lowest BCUT2D eigenvalue weighted by Gasteiger charge is -2.16. The van der Waals surface area contributed by atoms with Gasteiger partial charge in [-0.15, -0.1) is 0 Å². The number of rotatable bonds is 7. The van der Waals surface area contributed by atoms with E-state index in [4.69, 9.17) is 0 Å². The molecule has 0 aromatic heterocycles. The van der Waals surface area contributed by atoms with E-state index in [0.29, 0.717) is 31.6 Å². The standard InChI is InChI=1S/C17H25N3O4S/c1-4-25(23,24)19(3)10-5-9-18-17(22)15-6-7-16-14(12-15)8-11-20(16)13(2)21/h6-7,12H,4-5,8-11H2,1-3H3,(H,18,22). The summed E-state index contributed by atoms with van der Waals surface area (Å²) in [6.07, 6.45) is 1.29. The minimum atomic E-state index is -3.18. The van der Waals surface area contributed by atoms with Gasteiger partial charge < -0.3 is 10.2 Å². The number of benzene rings is 1. The highest BCUT2D eigenvalue weighted by molar-refractivity contribution is 7.89. The van der Waals surface area contributed by atoms with Crippen LogP contribution < -0.4 is 10.2 Å². The number of hydrogen-bond donors (Lipinski definition) is 1. The Kier molecular flexibility index (Phi) is 6.18. The molecule has 1 aromatic rings. The van der Waals surface area contributed by atoms with Crippen LogP contribution >= 0.6 is 0 Å². The maximum Gasteiger partial charge on any atom is 0.251 e. The van der Waals surface area contributed by atoms with E-state index >= 15 is 0 Å². The number of nitrogens with one attached hydrogen (secondary N) is 1. The number of hydrogen-bond acceptors (Lipinski definition) is 4. The van der Waals surface area contributed by atoms with E-state index in [9.17, 15) is 18.0 Å². The molecule has 25 heavy (non-hydrogen) atoms. The number of fused-ring (bicyclic) bond motifs is 1. The Labute approximate surface area is 149 Å². The van der Waals surface area contributed by atoms with E-state index in [-0.39, 0.29) is 17.6 Å². The molecule has 1 N–H and O–H groups in total. The van der Waals surface area contributed by atoms with E-state index in [1.807, 2.05) is 6.07 Å². The molecule has 0 spiro atoms. The average molecular weight is 367 g/mol. The van der Waals surface area contributed by atoms with Gasteiger partial charge in [-0.3, -0.25) is 9.59 Å².